The first kappa shape index (κ1) is 33.3. The van der Waals surface area contributed by atoms with Crippen molar-refractivity contribution in [2.45, 2.75) is 168 Å². The molecule has 4 fully saturated rings. The number of hydrogen-bond donors (Lipinski definition) is 0. The second kappa shape index (κ2) is 11.8. The zero-order valence-corrected chi connectivity index (χ0v) is 32.9. The van der Waals surface area contributed by atoms with Gasteiger partial charge in [-0.3, -0.25) is 0 Å². The predicted molar refractivity (Wildman–Crippen MR) is 197 cm³/mol. The van der Waals surface area contributed by atoms with Gasteiger partial charge in [-0.25, -0.2) is 0 Å². The van der Waals surface area contributed by atoms with Gasteiger partial charge in [-0.05, 0) is 157 Å². The Labute approximate surface area is 277 Å². The molecule has 244 valence electrons. The van der Waals surface area contributed by atoms with Gasteiger partial charge in [0.2, 0.25) is 0 Å². The van der Waals surface area contributed by atoms with Gasteiger partial charge in [0.1, 0.15) is 0 Å². The third-order valence-corrected chi connectivity index (χ3v) is 23.5. The molecule has 6 rings (SSSR count). The van der Waals surface area contributed by atoms with Crippen molar-refractivity contribution in [1.82, 2.24) is 0 Å². The van der Waals surface area contributed by atoms with Crippen LogP contribution in [-0.4, -0.2) is 18.6 Å². The highest BCUT2D eigenvalue weighted by Crippen LogP contribution is 2.69. The van der Waals surface area contributed by atoms with Crippen LogP contribution in [0.3, 0.4) is 0 Å². The molecule has 0 aromatic heterocycles. The van der Waals surface area contributed by atoms with E-state index in [4.69, 9.17) is 0 Å². The second-order valence-corrected chi connectivity index (χ2v) is 27.3. The summed E-state index contributed by atoms with van der Waals surface area (Å²) in [6.45, 7) is 31.1. The zero-order valence-electron chi connectivity index (χ0n) is 30.3. The molecule has 8 unspecified atom stereocenters. The molecule has 2 aliphatic heterocycles. The van der Waals surface area contributed by atoms with E-state index in [9.17, 15) is 0 Å². The van der Waals surface area contributed by atoms with Crippen LogP contribution in [-0.2, 0) is 0 Å². The second-order valence-electron chi connectivity index (χ2n) is 19.5. The number of rotatable bonds is 4. The molecule has 6 aliphatic rings. The molecular weight excluding hydrogens is 573 g/mol. The molecule has 3 heteroatoms. The van der Waals surface area contributed by atoms with Gasteiger partial charge in [0.15, 0.2) is 0 Å². The van der Waals surface area contributed by atoms with Gasteiger partial charge in [0.05, 0.1) is 8.07 Å². The lowest BCUT2D eigenvalue weighted by atomic mass is 9.67. The summed E-state index contributed by atoms with van der Waals surface area (Å²) in [5, 5.41) is 1.79. The Bertz CT molecular complexity index is 1010. The van der Waals surface area contributed by atoms with Gasteiger partial charge < -0.3 is 0 Å². The van der Waals surface area contributed by atoms with E-state index in [1.54, 1.807) is 9.81 Å². The van der Waals surface area contributed by atoms with E-state index in [2.05, 4.69) is 106 Å². The van der Waals surface area contributed by atoms with E-state index >= 15 is 0 Å². The van der Waals surface area contributed by atoms with Crippen LogP contribution >= 0.6 is 23.5 Å². The normalized spacial score (nSPS) is 44.4. The molecule has 0 radical (unpaired) electrons. The largest absolute Gasteiger partial charge is 0.127 e. The molecule has 0 amide bonds. The zero-order chi connectivity index (χ0) is 31.2. The Balaban J connectivity index is 1.16. The van der Waals surface area contributed by atoms with Crippen LogP contribution in [0, 0.1) is 58.2 Å². The molecule has 2 heterocycles. The quantitative estimate of drug-likeness (QED) is 0.280. The molecule has 43 heavy (non-hydrogen) atoms. The molecule has 0 bridgehead atoms. The van der Waals surface area contributed by atoms with Crippen LogP contribution < -0.4 is 0 Å². The molecule has 0 nitrogen and oxygen atoms in total. The van der Waals surface area contributed by atoms with Crippen LogP contribution in [0.4, 0.5) is 0 Å². The Kier molecular flexibility index (Phi) is 9.16. The summed E-state index contributed by atoms with van der Waals surface area (Å²) in [4.78, 5) is 3.54. The third-order valence-electron chi connectivity index (χ3n) is 14.7. The standard InChI is InChI=1S/C40H68S2Si/c1-23-21-31-33(27-13-17-29(18-14-27)39(5,6)7)25(3)41-35(31)37(23)43(11,12)38-24(2)22-32-34(26(4)42-36(32)38)28-15-19-30(20-16-28)40(8,9)10/h23-24,27-32,35-38H,13-22H2,1-12H3. The first-order chi connectivity index (χ1) is 20.0. The van der Waals surface area contributed by atoms with Crippen LogP contribution in [0.25, 0.3) is 0 Å². The van der Waals surface area contributed by atoms with Gasteiger partial charge in [-0.2, -0.15) is 0 Å². The lowest BCUT2D eigenvalue weighted by Gasteiger charge is -2.45. The van der Waals surface area contributed by atoms with E-state index in [-0.39, 0.29) is 0 Å². The van der Waals surface area contributed by atoms with Gasteiger partial charge in [-0.15, -0.1) is 23.5 Å². The summed E-state index contributed by atoms with van der Waals surface area (Å²) in [6.07, 6.45) is 14.7. The van der Waals surface area contributed by atoms with Gasteiger partial charge in [0.25, 0.3) is 0 Å². The van der Waals surface area contributed by atoms with Crippen LogP contribution in [0.15, 0.2) is 21.0 Å². The average molecular weight is 641 g/mol. The fraction of sp³-hybridized carbons (Fsp3) is 0.900. The molecule has 0 saturated heterocycles. The maximum absolute atomic E-state index is 2.89. The lowest BCUT2D eigenvalue weighted by molar-refractivity contribution is 0.156. The molecule has 8 atom stereocenters. The smallest absolute Gasteiger partial charge is 0.0564 e. The van der Waals surface area contributed by atoms with E-state index in [0.29, 0.717) is 10.8 Å². The fourth-order valence-electron chi connectivity index (χ4n) is 12.8. The molecular formula is C40H68S2Si. The molecule has 4 saturated carbocycles. The van der Waals surface area contributed by atoms with Crippen molar-refractivity contribution >= 4 is 31.6 Å². The maximum atomic E-state index is 2.89. The summed E-state index contributed by atoms with van der Waals surface area (Å²) in [7, 11) is -1.52. The molecule has 4 aliphatic carbocycles. The van der Waals surface area contributed by atoms with Crippen molar-refractivity contribution in [3.8, 4) is 0 Å². The monoisotopic (exact) mass is 640 g/mol. The number of thioether (sulfide) groups is 2. The van der Waals surface area contributed by atoms with Crippen molar-refractivity contribution in [2.24, 2.45) is 58.2 Å². The molecule has 0 aromatic rings. The van der Waals surface area contributed by atoms with Crippen LogP contribution in [0.5, 0.6) is 0 Å². The molecule has 0 N–H and O–H groups in total. The van der Waals surface area contributed by atoms with Crippen molar-refractivity contribution in [3.63, 3.8) is 0 Å². The lowest BCUT2D eigenvalue weighted by Crippen LogP contribution is -2.47. The highest BCUT2D eigenvalue weighted by atomic mass is 32.2. The molecule has 0 spiro atoms. The summed E-state index contributed by atoms with van der Waals surface area (Å²) in [5.74, 6) is 7.24. The number of allylic oxidation sites excluding steroid dienone is 4. The summed E-state index contributed by atoms with van der Waals surface area (Å²) < 4.78 is 0. The van der Waals surface area contributed by atoms with E-state index < -0.39 is 8.07 Å². The minimum Gasteiger partial charge on any atom is -0.127 e. The number of fused-ring (bicyclic) bond motifs is 2. The highest BCUT2D eigenvalue weighted by Gasteiger charge is 2.61. The first-order valence-electron chi connectivity index (χ1n) is 18.7. The highest BCUT2D eigenvalue weighted by molar-refractivity contribution is 8.04. The summed E-state index contributed by atoms with van der Waals surface area (Å²) >= 11 is 4.78. The van der Waals surface area contributed by atoms with Gasteiger partial charge in [-0.1, -0.05) is 79.6 Å². The molecule has 0 aromatic carbocycles. The van der Waals surface area contributed by atoms with Gasteiger partial charge in [0, 0.05) is 10.5 Å². The maximum Gasteiger partial charge on any atom is 0.0564 e. The fourth-order valence-corrected chi connectivity index (χ4v) is 24.5. The summed E-state index contributed by atoms with van der Waals surface area (Å²) in [6, 6.07) is 0. The van der Waals surface area contributed by atoms with Crippen molar-refractivity contribution in [2.75, 3.05) is 0 Å². The van der Waals surface area contributed by atoms with Crippen LogP contribution in [0.1, 0.15) is 133 Å². The Morgan fingerprint density at radius 2 is 0.884 bits per heavy atom. The Morgan fingerprint density at radius 1 is 0.558 bits per heavy atom. The van der Waals surface area contributed by atoms with Crippen LogP contribution in [0.2, 0.25) is 24.2 Å². The topological polar surface area (TPSA) is 0 Å². The summed E-state index contributed by atoms with van der Waals surface area (Å²) in [5.41, 5.74) is 6.88. The predicted octanol–water partition coefficient (Wildman–Crippen LogP) is 13.2. The number of hydrogen-bond acceptors (Lipinski definition) is 2. The van der Waals surface area contributed by atoms with E-state index in [1.165, 1.54) is 64.2 Å². The van der Waals surface area contributed by atoms with E-state index in [0.717, 1.165) is 68.9 Å². The minimum atomic E-state index is -1.52. The SMILES string of the molecule is CC1=C(C2CCC(C(C)(C)C)CC2)C2CC(C)C([Si](C)(C)C3C(C)CC4C(C5CCC(C(C)(C)C)CC5)=C(C)SC43)C2S1. The van der Waals surface area contributed by atoms with Gasteiger partial charge >= 0.3 is 0 Å². The average Bonchev–Trinajstić information content (AvgIpc) is 3.58. The van der Waals surface area contributed by atoms with Crippen molar-refractivity contribution in [1.29, 1.82) is 0 Å². The minimum absolute atomic E-state index is 0.483. The van der Waals surface area contributed by atoms with Crippen molar-refractivity contribution in [3.05, 3.63) is 21.0 Å². The van der Waals surface area contributed by atoms with Crippen molar-refractivity contribution < 1.29 is 0 Å². The third kappa shape index (κ3) is 5.89. The Hall–Kier alpha value is 0.397. The van der Waals surface area contributed by atoms with E-state index in [1.807, 2.05) is 11.1 Å². The Morgan fingerprint density at radius 3 is 1.19 bits per heavy atom. The first-order valence-corrected chi connectivity index (χ1v) is 23.7.